The summed E-state index contributed by atoms with van der Waals surface area (Å²) in [5, 5.41) is 2.96. The van der Waals surface area contributed by atoms with Gasteiger partial charge in [-0.15, -0.1) is 0 Å². The molecule has 27 heavy (non-hydrogen) atoms. The molecular formula is C20H23N5O2. The molecule has 1 aromatic carbocycles. The normalized spacial score (nSPS) is 17.2. The standard InChI is InChI=1S/C20H23N5O2/c1-2-23-12-10-21-19(23)15-7-6-11-24(14-15)20(27)17-13-18(26)25(22-17)16-8-4-3-5-9-16/h3-5,8-10,12-13,15,22H,2,6-7,11,14H2,1H3. The van der Waals surface area contributed by atoms with Crippen LogP contribution in [0, 0.1) is 0 Å². The van der Waals surface area contributed by atoms with Crippen LogP contribution in [0.15, 0.2) is 53.6 Å². The highest BCUT2D eigenvalue weighted by atomic mass is 16.2. The minimum absolute atomic E-state index is 0.138. The molecule has 2 aromatic heterocycles. The van der Waals surface area contributed by atoms with Crippen molar-refractivity contribution in [3.63, 3.8) is 0 Å². The molecule has 0 radical (unpaired) electrons. The third-order valence-electron chi connectivity index (χ3n) is 5.13. The van der Waals surface area contributed by atoms with Crippen molar-refractivity contribution in [3.05, 3.63) is 70.7 Å². The van der Waals surface area contributed by atoms with Crippen molar-refractivity contribution < 1.29 is 4.79 Å². The number of H-pyrrole nitrogens is 1. The van der Waals surface area contributed by atoms with Crippen molar-refractivity contribution in [1.82, 2.24) is 24.2 Å². The Kier molecular flexibility index (Phi) is 4.66. The molecule has 1 fully saturated rings. The van der Waals surface area contributed by atoms with E-state index in [0.717, 1.165) is 25.2 Å². The zero-order valence-corrected chi connectivity index (χ0v) is 15.3. The quantitative estimate of drug-likeness (QED) is 0.771. The fourth-order valence-electron chi connectivity index (χ4n) is 3.76. The van der Waals surface area contributed by atoms with E-state index in [1.54, 1.807) is 0 Å². The van der Waals surface area contributed by atoms with Gasteiger partial charge in [0, 0.05) is 44.0 Å². The second-order valence-electron chi connectivity index (χ2n) is 6.84. The van der Waals surface area contributed by atoms with Crippen LogP contribution >= 0.6 is 0 Å². The molecule has 0 spiro atoms. The van der Waals surface area contributed by atoms with Crippen molar-refractivity contribution in [2.75, 3.05) is 13.1 Å². The Hall–Kier alpha value is -3.09. The van der Waals surface area contributed by atoms with E-state index in [1.807, 2.05) is 47.6 Å². The molecule has 1 atom stereocenters. The third kappa shape index (κ3) is 3.32. The summed E-state index contributed by atoms with van der Waals surface area (Å²) in [7, 11) is 0. The number of para-hydroxylation sites is 1. The summed E-state index contributed by atoms with van der Waals surface area (Å²) in [6, 6.07) is 10.6. The number of aromatic nitrogens is 4. The number of carbonyl (C=O) groups excluding carboxylic acids is 1. The molecule has 1 unspecified atom stereocenters. The topological polar surface area (TPSA) is 75.9 Å². The molecule has 140 valence electrons. The highest BCUT2D eigenvalue weighted by Gasteiger charge is 2.28. The van der Waals surface area contributed by atoms with E-state index < -0.39 is 0 Å². The summed E-state index contributed by atoms with van der Waals surface area (Å²) in [6.45, 7) is 4.27. The first-order chi connectivity index (χ1) is 13.2. The number of nitrogens with one attached hydrogen (secondary N) is 1. The number of nitrogens with zero attached hydrogens (tertiary/aromatic N) is 4. The lowest BCUT2D eigenvalue weighted by atomic mass is 9.97. The number of hydrogen-bond donors (Lipinski definition) is 1. The van der Waals surface area contributed by atoms with E-state index in [0.29, 0.717) is 24.5 Å². The predicted molar refractivity (Wildman–Crippen MR) is 102 cm³/mol. The number of likely N-dealkylation sites (tertiary alicyclic amines) is 1. The van der Waals surface area contributed by atoms with Gasteiger partial charge in [0.1, 0.15) is 11.5 Å². The molecule has 4 rings (SSSR count). The minimum atomic E-state index is -0.236. The van der Waals surface area contributed by atoms with Gasteiger partial charge in [-0.25, -0.2) is 9.67 Å². The molecule has 1 saturated heterocycles. The van der Waals surface area contributed by atoms with E-state index in [4.69, 9.17) is 0 Å². The Morgan fingerprint density at radius 3 is 2.89 bits per heavy atom. The lowest BCUT2D eigenvalue weighted by Crippen LogP contribution is -2.40. The highest BCUT2D eigenvalue weighted by molar-refractivity contribution is 5.92. The maximum Gasteiger partial charge on any atom is 0.271 e. The van der Waals surface area contributed by atoms with Crippen LogP contribution in [-0.4, -0.2) is 43.2 Å². The Morgan fingerprint density at radius 2 is 2.11 bits per heavy atom. The Balaban J connectivity index is 1.55. The number of amides is 1. The molecule has 3 heterocycles. The molecule has 1 amide bonds. The minimum Gasteiger partial charge on any atom is -0.337 e. The number of imidazole rings is 1. The molecule has 0 aliphatic carbocycles. The number of hydrogen-bond acceptors (Lipinski definition) is 3. The fourth-order valence-corrected chi connectivity index (χ4v) is 3.76. The largest absolute Gasteiger partial charge is 0.337 e. The van der Waals surface area contributed by atoms with E-state index in [9.17, 15) is 9.59 Å². The van der Waals surface area contributed by atoms with Crippen LogP contribution in [0.3, 0.4) is 0 Å². The van der Waals surface area contributed by atoms with Crippen molar-refractivity contribution >= 4 is 5.91 Å². The van der Waals surface area contributed by atoms with Gasteiger partial charge in [-0.3, -0.25) is 14.7 Å². The van der Waals surface area contributed by atoms with Gasteiger partial charge in [-0.1, -0.05) is 18.2 Å². The van der Waals surface area contributed by atoms with Crippen molar-refractivity contribution in [2.24, 2.45) is 0 Å². The van der Waals surface area contributed by atoms with Crippen molar-refractivity contribution in [1.29, 1.82) is 0 Å². The van der Waals surface area contributed by atoms with Crippen LogP contribution in [0.4, 0.5) is 0 Å². The summed E-state index contributed by atoms with van der Waals surface area (Å²) in [6.07, 6.45) is 5.74. The van der Waals surface area contributed by atoms with E-state index in [-0.39, 0.29) is 17.4 Å². The zero-order chi connectivity index (χ0) is 18.8. The predicted octanol–water partition coefficient (Wildman–Crippen LogP) is 2.40. The average molecular weight is 365 g/mol. The zero-order valence-electron chi connectivity index (χ0n) is 15.3. The first-order valence-electron chi connectivity index (χ1n) is 9.35. The molecule has 1 N–H and O–H groups in total. The van der Waals surface area contributed by atoms with Crippen LogP contribution < -0.4 is 5.56 Å². The number of carbonyl (C=O) groups is 1. The van der Waals surface area contributed by atoms with E-state index >= 15 is 0 Å². The highest BCUT2D eigenvalue weighted by Crippen LogP contribution is 2.26. The summed E-state index contributed by atoms with van der Waals surface area (Å²) in [5.74, 6) is 1.12. The molecule has 7 nitrogen and oxygen atoms in total. The van der Waals surface area contributed by atoms with Gasteiger partial charge < -0.3 is 9.47 Å². The van der Waals surface area contributed by atoms with Gasteiger partial charge in [0.2, 0.25) is 0 Å². The van der Waals surface area contributed by atoms with Crippen LogP contribution in [0.5, 0.6) is 0 Å². The van der Waals surface area contributed by atoms with Crippen LogP contribution in [0.1, 0.15) is 42.0 Å². The summed E-state index contributed by atoms with van der Waals surface area (Å²) >= 11 is 0. The molecule has 1 aliphatic rings. The number of aromatic amines is 1. The monoisotopic (exact) mass is 365 g/mol. The smallest absolute Gasteiger partial charge is 0.271 e. The first kappa shape index (κ1) is 17.3. The Morgan fingerprint density at radius 1 is 1.30 bits per heavy atom. The average Bonchev–Trinajstić information content (AvgIpc) is 3.34. The lowest BCUT2D eigenvalue weighted by Gasteiger charge is -2.32. The first-order valence-corrected chi connectivity index (χ1v) is 9.35. The second kappa shape index (κ2) is 7.26. The van der Waals surface area contributed by atoms with Crippen molar-refractivity contribution in [3.8, 4) is 5.69 Å². The second-order valence-corrected chi connectivity index (χ2v) is 6.84. The maximum absolute atomic E-state index is 13.0. The summed E-state index contributed by atoms with van der Waals surface area (Å²) in [5.41, 5.74) is 0.797. The van der Waals surface area contributed by atoms with Gasteiger partial charge in [-0.05, 0) is 31.9 Å². The van der Waals surface area contributed by atoms with Crippen LogP contribution in [-0.2, 0) is 6.54 Å². The van der Waals surface area contributed by atoms with Gasteiger partial charge in [0.05, 0.1) is 5.69 Å². The van der Waals surface area contributed by atoms with Gasteiger partial charge in [-0.2, -0.15) is 0 Å². The van der Waals surface area contributed by atoms with Gasteiger partial charge in [0.15, 0.2) is 0 Å². The van der Waals surface area contributed by atoms with Crippen molar-refractivity contribution in [2.45, 2.75) is 32.2 Å². The molecule has 3 aromatic rings. The summed E-state index contributed by atoms with van der Waals surface area (Å²) in [4.78, 5) is 31.6. The van der Waals surface area contributed by atoms with Gasteiger partial charge in [0.25, 0.3) is 11.5 Å². The lowest BCUT2D eigenvalue weighted by molar-refractivity contribution is 0.0697. The van der Waals surface area contributed by atoms with E-state index in [2.05, 4.69) is 21.6 Å². The Labute approximate surface area is 157 Å². The molecule has 7 heteroatoms. The molecule has 0 saturated carbocycles. The Bertz CT molecular complexity index is 985. The number of piperidine rings is 1. The molecular weight excluding hydrogens is 342 g/mol. The molecule has 1 aliphatic heterocycles. The maximum atomic E-state index is 13.0. The fraction of sp³-hybridized carbons (Fsp3) is 0.350. The SMILES string of the molecule is CCn1ccnc1C1CCCN(C(=O)c2cc(=O)n(-c3ccccc3)[nH]2)C1. The van der Waals surface area contributed by atoms with Crippen LogP contribution in [0.2, 0.25) is 0 Å². The number of benzene rings is 1. The number of rotatable bonds is 4. The third-order valence-corrected chi connectivity index (χ3v) is 5.13. The van der Waals surface area contributed by atoms with Crippen LogP contribution in [0.25, 0.3) is 5.69 Å². The van der Waals surface area contributed by atoms with E-state index in [1.165, 1.54) is 10.7 Å². The van der Waals surface area contributed by atoms with Gasteiger partial charge >= 0.3 is 0 Å². The number of aryl methyl sites for hydroxylation is 1. The summed E-state index contributed by atoms with van der Waals surface area (Å²) < 4.78 is 3.53. The molecule has 0 bridgehead atoms.